The SMILES string of the molecule is CC1CCCN(S(=O)(=O)c2ccc(CCl)c(Cl)c2)C1. The first-order chi connectivity index (χ1) is 8.95. The van der Waals surface area contributed by atoms with Gasteiger partial charge >= 0.3 is 0 Å². The summed E-state index contributed by atoms with van der Waals surface area (Å²) in [6.45, 7) is 3.24. The normalized spacial score (nSPS) is 21.5. The third-order valence-corrected chi connectivity index (χ3v) is 5.93. The highest BCUT2D eigenvalue weighted by Gasteiger charge is 2.28. The highest BCUT2D eigenvalue weighted by molar-refractivity contribution is 7.89. The molecular formula is C13H17Cl2NO2S. The Balaban J connectivity index is 2.31. The van der Waals surface area contributed by atoms with Crippen molar-refractivity contribution in [2.45, 2.75) is 30.5 Å². The van der Waals surface area contributed by atoms with E-state index in [1.165, 1.54) is 6.07 Å². The van der Waals surface area contributed by atoms with E-state index in [-0.39, 0.29) is 10.8 Å². The first-order valence-electron chi connectivity index (χ1n) is 6.29. The Kier molecular flexibility index (Phi) is 4.77. The molecule has 1 heterocycles. The minimum atomic E-state index is -3.44. The quantitative estimate of drug-likeness (QED) is 0.799. The van der Waals surface area contributed by atoms with E-state index in [0.717, 1.165) is 18.4 Å². The molecule has 1 unspecified atom stereocenters. The second-order valence-corrected chi connectivity index (χ2v) is 7.61. The maximum atomic E-state index is 12.5. The zero-order valence-corrected chi connectivity index (χ0v) is 13.1. The third kappa shape index (κ3) is 3.24. The molecule has 0 aliphatic carbocycles. The lowest BCUT2D eigenvalue weighted by molar-refractivity contribution is 0.281. The standard InChI is InChI=1S/C13H17Cl2NO2S/c1-10-3-2-6-16(9-10)19(17,18)12-5-4-11(8-14)13(15)7-12/h4-5,7,10H,2-3,6,8-9H2,1H3. The van der Waals surface area contributed by atoms with Crippen LogP contribution in [0.1, 0.15) is 25.3 Å². The molecule has 0 N–H and O–H groups in total. The molecule has 0 saturated carbocycles. The van der Waals surface area contributed by atoms with Crippen LogP contribution in [0.2, 0.25) is 5.02 Å². The summed E-state index contributed by atoms with van der Waals surface area (Å²) in [5, 5.41) is 0.404. The van der Waals surface area contributed by atoms with Gasteiger partial charge in [-0.3, -0.25) is 0 Å². The van der Waals surface area contributed by atoms with Gasteiger partial charge in [0.05, 0.1) is 4.90 Å². The van der Waals surface area contributed by atoms with E-state index >= 15 is 0 Å². The van der Waals surface area contributed by atoms with E-state index in [0.29, 0.717) is 24.0 Å². The molecule has 1 fully saturated rings. The van der Waals surface area contributed by atoms with Crippen LogP contribution in [0.5, 0.6) is 0 Å². The minimum absolute atomic E-state index is 0.250. The number of nitrogens with zero attached hydrogens (tertiary/aromatic N) is 1. The lowest BCUT2D eigenvalue weighted by atomic mass is 10.0. The molecule has 1 saturated heterocycles. The smallest absolute Gasteiger partial charge is 0.207 e. The van der Waals surface area contributed by atoms with Crippen molar-refractivity contribution < 1.29 is 8.42 Å². The maximum absolute atomic E-state index is 12.5. The monoisotopic (exact) mass is 321 g/mol. The van der Waals surface area contributed by atoms with E-state index in [1.54, 1.807) is 16.4 Å². The Morgan fingerprint density at radius 3 is 2.74 bits per heavy atom. The fraction of sp³-hybridized carbons (Fsp3) is 0.538. The van der Waals surface area contributed by atoms with Crippen molar-refractivity contribution in [2.75, 3.05) is 13.1 Å². The van der Waals surface area contributed by atoms with Crippen LogP contribution < -0.4 is 0 Å². The van der Waals surface area contributed by atoms with Gasteiger partial charge in [-0.15, -0.1) is 11.6 Å². The van der Waals surface area contributed by atoms with Crippen LogP contribution >= 0.6 is 23.2 Å². The van der Waals surface area contributed by atoms with Crippen LogP contribution in [0.3, 0.4) is 0 Å². The number of hydrogen-bond donors (Lipinski definition) is 0. The van der Waals surface area contributed by atoms with E-state index in [1.807, 2.05) is 0 Å². The first kappa shape index (κ1) is 15.1. The number of piperidine rings is 1. The maximum Gasteiger partial charge on any atom is 0.243 e. The van der Waals surface area contributed by atoms with Crippen LogP contribution in [0, 0.1) is 5.92 Å². The Labute approximate surface area is 124 Å². The molecule has 0 aromatic heterocycles. The third-order valence-electron chi connectivity index (χ3n) is 3.43. The van der Waals surface area contributed by atoms with E-state index < -0.39 is 10.0 Å². The van der Waals surface area contributed by atoms with Gasteiger partial charge in [-0.2, -0.15) is 4.31 Å². The number of alkyl halides is 1. The predicted molar refractivity (Wildman–Crippen MR) is 78.2 cm³/mol. The van der Waals surface area contributed by atoms with Gasteiger partial charge in [0.2, 0.25) is 10.0 Å². The zero-order valence-electron chi connectivity index (χ0n) is 10.8. The summed E-state index contributed by atoms with van der Waals surface area (Å²) < 4.78 is 26.6. The summed E-state index contributed by atoms with van der Waals surface area (Å²) in [5.41, 5.74) is 0.745. The molecule has 106 valence electrons. The number of hydrogen-bond acceptors (Lipinski definition) is 2. The van der Waals surface area contributed by atoms with Crippen LogP contribution in [0.15, 0.2) is 23.1 Å². The van der Waals surface area contributed by atoms with E-state index in [9.17, 15) is 8.42 Å². The van der Waals surface area contributed by atoms with Gasteiger partial charge in [0, 0.05) is 24.0 Å². The van der Waals surface area contributed by atoms with E-state index in [2.05, 4.69) is 6.92 Å². The van der Waals surface area contributed by atoms with Crippen molar-refractivity contribution in [1.29, 1.82) is 0 Å². The topological polar surface area (TPSA) is 37.4 Å². The van der Waals surface area contributed by atoms with Gasteiger partial charge in [0.25, 0.3) is 0 Å². The van der Waals surface area contributed by atoms with Crippen LogP contribution in [0.25, 0.3) is 0 Å². The molecule has 1 atom stereocenters. The van der Waals surface area contributed by atoms with Crippen molar-refractivity contribution in [3.8, 4) is 0 Å². The summed E-state index contributed by atoms with van der Waals surface area (Å²) in [7, 11) is -3.44. The molecule has 3 nitrogen and oxygen atoms in total. The van der Waals surface area contributed by atoms with Gasteiger partial charge < -0.3 is 0 Å². The molecule has 2 rings (SSSR count). The van der Waals surface area contributed by atoms with Gasteiger partial charge in [-0.1, -0.05) is 24.6 Å². The van der Waals surface area contributed by atoms with Crippen molar-refractivity contribution in [3.63, 3.8) is 0 Å². The second-order valence-electron chi connectivity index (χ2n) is 5.00. The van der Waals surface area contributed by atoms with Gasteiger partial charge in [-0.25, -0.2) is 8.42 Å². The molecule has 0 amide bonds. The van der Waals surface area contributed by atoms with Crippen molar-refractivity contribution >= 4 is 33.2 Å². The van der Waals surface area contributed by atoms with Crippen molar-refractivity contribution in [1.82, 2.24) is 4.31 Å². The van der Waals surface area contributed by atoms with E-state index in [4.69, 9.17) is 23.2 Å². The molecule has 19 heavy (non-hydrogen) atoms. The molecule has 6 heteroatoms. The Morgan fingerprint density at radius 1 is 1.42 bits per heavy atom. The summed E-state index contributed by atoms with van der Waals surface area (Å²) in [5.74, 6) is 0.681. The lowest BCUT2D eigenvalue weighted by Gasteiger charge is -2.30. The van der Waals surface area contributed by atoms with Crippen molar-refractivity contribution in [3.05, 3.63) is 28.8 Å². The summed E-state index contributed by atoms with van der Waals surface area (Å²) in [6, 6.07) is 4.75. The highest BCUT2D eigenvalue weighted by Crippen LogP contribution is 2.27. The lowest BCUT2D eigenvalue weighted by Crippen LogP contribution is -2.39. The molecule has 1 aliphatic heterocycles. The molecule has 1 aromatic rings. The van der Waals surface area contributed by atoms with Gasteiger partial charge in [0.1, 0.15) is 0 Å². The predicted octanol–water partition coefficient (Wildman–Crippen LogP) is 3.50. The number of sulfonamides is 1. The van der Waals surface area contributed by atoms with Gasteiger partial charge in [0.15, 0.2) is 0 Å². The molecular weight excluding hydrogens is 305 g/mol. The number of rotatable bonds is 3. The average molecular weight is 322 g/mol. The molecule has 0 radical (unpaired) electrons. The Morgan fingerprint density at radius 2 is 2.16 bits per heavy atom. The first-order valence-corrected chi connectivity index (χ1v) is 8.65. The van der Waals surface area contributed by atoms with Gasteiger partial charge in [-0.05, 0) is 36.5 Å². The number of halogens is 2. The highest BCUT2D eigenvalue weighted by atomic mass is 35.5. The fourth-order valence-electron chi connectivity index (χ4n) is 2.31. The summed E-state index contributed by atoms with van der Waals surface area (Å²) in [4.78, 5) is 0.250. The minimum Gasteiger partial charge on any atom is -0.207 e. The molecule has 0 spiro atoms. The Bertz CT molecular complexity index is 560. The van der Waals surface area contributed by atoms with Crippen LogP contribution in [0.4, 0.5) is 0 Å². The van der Waals surface area contributed by atoms with Crippen molar-refractivity contribution in [2.24, 2.45) is 5.92 Å². The zero-order chi connectivity index (χ0) is 14.0. The fourth-order valence-corrected chi connectivity index (χ4v) is 4.55. The molecule has 0 bridgehead atoms. The van der Waals surface area contributed by atoms with Crippen LogP contribution in [-0.2, 0) is 15.9 Å². The summed E-state index contributed by atoms with van der Waals surface area (Å²) in [6.07, 6.45) is 1.99. The van der Waals surface area contributed by atoms with Crippen LogP contribution in [-0.4, -0.2) is 25.8 Å². The largest absolute Gasteiger partial charge is 0.243 e. The summed E-state index contributed by atoms with van der Waals surface area (Å²) >= 11 is 11.8. The second kappa shape index (κ2) is 6.00. The average Bonchev–Trinajstić information content (AvgIpc) is 2.38. The molecule has 1 aromatic carbocycles. The molecule has 1 aliphatic rings. The number of benzene rings is 1. The Hall–Kier alpha value is -0.290.